The van der Waals surface area contributed by atoms with Crippen molar-refractivity contribution in [2.24, 2.45) is 23.7 Å². The number of benzene rings is 7. The first-order valence-electron chi connectivity index (χ1n) is 20.6. The first kappa shape index (κ1) is 33.1. The van der Waals surface area contributed by atoms with Gasteiger partial charge in [-0.15, -0.1) is 11.3 Å². The number of hydrogen-bond donors (Lipinski definition) is 0. The van der Waals surface area contributed by atoms with Gasteiger partial charge < -0.3 is 0 Å². The van der Waals surface area contributed by atoms with Crippen LogP contribution in [0.3, 0.4) is 0 Å². The van der Waals surface area contributed by atoms with Gasteiger partial charge in [-0.1, -0.05) is 160 Å². The van der Waals surface area contributed by atoms with Gasteiger partial charge in [0.2, 0.25) is 0 Å². The highest BCUT2D eigenvalue weighted by molar-refractivity contribution is 7.26. The van der Waals surface area contributed by atoms with Crippen LogP contribution in [0.25, 0.3) is 75.8 Å². The molecule has 1 spiro atoms. The summed E-state index contributed by atoms with van der Waals surface area (Å²) in [4.78, 5) is 0. The third-order valence-corrected chi connectivity index (χ3v) is 15.2. The molecule has 3 aliphatic carbocycles. The first-order valence-corrected chi connectivity index (χ1v) is 21.4. The smallest absolute Gasteiger partial charge is 0.0367 e. The molecule has 8 aromatic rings. The quantitative estimate of drug-likeness (QED) is 0.166. The van der Waals surface area contributed by atoms with Crippen LogP contribution >= 0.6 is 11.3 Å². The monoisotopic (exact) mass is 726 g/mol. The van der Waals surface area contributed by atoms with Crippen LogP contribution in [0.5, 0.6) is 0 Å². The lowest BCUT2D eigenvalue weighted by Crippen LogP contribution is -2.49. The predicted octanol–water partition coefficient (Wildman–Crippen LogP) is 15.5. The molecule has 2 bridgehead atoms. The molecular formula is C54H46S. The Kier molecular flexibility index (Phi) is 7.79. The maximum Gasteiger partial charge on any atom is 0.0367 e. The van der Waals surface area contributed by atoms with Crippen molar-refractivity contribution in [3.63, 3.8) is 0 Å². The average molecular weight is 727 g/mol. The minimum absolute atomic E-state index is 0.0782. The molecule has 55 heavy (non-hydrogen) atoms. The van der Waals surface area contributed by atoms with Crippen molar-refractivity contribution in [1.29, 1.82) is 0 Å². The Bertz CT molecular complexity index is 2710. The Morgan fingerprint density at radius 1 is 0.509 bits per heavy atom. The van der Waals surface area contributed by atoms with Crippen molar-refractivity contribution in [3.05, 3.63) is 169 Å². The van der Waals surface area contributed by atoms with Crippen LogP contribution in [0.4, 0.5) is 0 Å². The van der Waals surface area contributed by atoms with E-state index in [4.69, 9.17) is 0 Å². The van der Waals surface area contributed by atoms with Crippen LogP contribution in [-0.2, 0) is 5.41 Å². The maximum atomic E-state index is 2.59. The molecule has 7 aromatic carbocycles. The topological polar surface area (TPSA) is 0 Å². The first-order chi connectivity index (χ1) is 27.1. The Labute approximate surface area is 329 Å². The summed E-state index contributed by atoms with van der Waals surface area (Å²) in [6.07, 6.45) is 6.81. The van der Waals surface area contributed by atoms with Crippen molar-refractivity contribution < 1.29 is 0 Å². The molecule has 1 heterocycles. The van der Waals surface area contributed by atoms with E-state index in [-0.39, 0.29) is 5.41 Å². The molecule has 268 valence electrons. The van der Waals surface area contributed by atoms with Crippen LogP contribution in [0.15, 0.2) is 158 Å². The fraction of sp³-hybridized carbons (Fsp3) is 0.222. The maximum absolute atomic E-state index is 2.59. The third kappa shape index (κ3) is 5.09. The summed E-state index contributed by atoms with van der Waals surface area (Å²) < 4.78 is 2.72. The van der Waals surface area contributed by atoms with Gasteiger partial charge in [0.05, 0.1) is 0 Å². The van der Waals surface area contributed by atoms with Crippen LogP contribution in [0.1, 0.15) is 57.1 Å². The van der Waals surface area contributed by atoms with Crippen molar-refractivity contribution in [1.82, 2.24) is 0 Å². The van der Waals surface area contributed by atoms with Gasteiger partial charge in [0.25, 0.3) is 0 Å². The number of fused-ring (bicyclic) bond motifs is 11. The Hall–Kier alpha value is -5.24. The van der Waals surface area contributed by atoms with Gasteiger partial charge in [0.1, 0.15) is 0 Å². The molecule has 1 heteroatoms. The van der Waals surface area contributed by atoms with Gasteiger partial charge in [-0.25, -0.2) is 0 Å². The number of thiophene rings is 1. The number of hydrogen-bond acceptors (Lipinski definition) is 1. The van der Waals surface area contributed by atoms with Crippen molar-refractivity contribution in [2.75, 3.05) is 0 Å². The Morgan fingerprint density at radius 2 is 1.13 bits per heavy atom. The molecular weight excluding hydrogens is 681 g/mol. The normalized spacial score (nSPS) is 22.6. The predicted molar refractivity (Wildman–Crippen MR) is 236 cm³/mol. The van der Waals surface area contributed by atoms with Gasteiger partial charge in [-0.3, -0.25) is 0 Å². The van der Waals surface area contributed by atoms with E-state index in [1.807, 2.05) is 11.3 Å². The fourth-order valence-electron chi connectivity index (χ4n) is 11.7. The fourth-order valence-corrected chi connectivity index (χ4v) is 12.9. The minimum atomic E-state index is 0.0782. The molecule has 1 aromatic heterocycles. The lowest BCUT2D eigenvalue weighted by atomic mass is 9.49. The zero-order valence-electron chi connectivity index (χ0n) is 31.8. The van der Waals surface area contributed by atoms with E-state index in [9.17, 15) is 0 Å². The average Bonchev–Trinajstić information content (AvgIpc) is 3.77. The minimum Gasteiger partial charge on any atom is -0.135 e. The highest BCUT2D eigenvalue weighted by atomic mass is 32.1. The molecule has 0 aliphatic heterocycles. The lowest BCUT2D eigenvalue weighted by Gasteiger charge is -2.54. The van der Waals surface area contributed by atoms with Crippen molar-refractivity contribution in [3.8, 4) is 55.6 Å². The lowest BCUT2D eigenvalue weighted by molar-refractivity contribution is 0.0368. The summed E-state index contributed by atoms with van der Waals surface area (Å²) in [5.74, 6) is 3.03. The van der Waals surface area contributed by atoms with Gasteiger partial charge in [0.15, 0.2) is 0 Å². The van der Waals surface area contributed by atoms with Crippen LogP contribution in [-0.4, -0.2) is 0 Å². The van der Waals surface area contributed by atoms with Crippen LogP contribution in [0, 0.1) is 23.7 Å². The summed E-state index contributed by atoms with van der Waals surface area (Å²) in [5, 5.41) is 2.76. The zero-order valence-corrected chi connectivity index (χ0v) is 32.6. The summed E-state index contributed by atoms with van der Waals surface area (Å²) in [7, 11) is 0. The second-order valence-electron chi connectivity index (χ2n) is 16.8. The van der Waals surface area contributed by atoms with E-state index in [1.165, 1.54) is 108 Å². The van der Waals surface area contributed by atoms with Crippen LogP contribution in [0.2, 0.25) is 0 Å². The molecule has 0 saturated heterocycles. The van der Waals surface area contributed by atoms with E-state index in [2.05, 4.69) is 172 Å². The molecule has 0 radical (unpaired) electrons. The van der Waals surface area contributed by atoms with E-state index >= 15 is 0 Å². The van der Waals surface area contributed by atoms with E-state index in [1.54, 1.807) is 11.1 Å². The Balaban J connectivity index is 1.07. The molecule has 3 aliphatic rings. The largest absolute Gasteiger partial charge is 0.135 e. The summed E-state index contributed by atoms with van der Waals surface area (Å²) in [6.45, 7) is 5.02. The molecule has 0 nitrogen and oxygen atoms in total. The molecule has 0 N–H and O–H groups in total. The van der Waals surface area contributed by atoms with Crippen molar-refractivity contribution in [2.45, 2.75) is 51.4 Å². The SMILES string of the molecule is CCC1CC2CC(C)C3(c4ccccc4-c4c(-c5cc(-c6ccc(-c7ccc(-c8ccccc8)cc7)cc6)cc6sc7ccccc7c56)cccc43)C(C1)C2. The molecule has 2 saturated carbocycles. The van der Waals surface area contributed by atoms with Gasteiger partial charge >= 0.3 is 0 Å². The van der Waals surface area contributed by atoms with E-state index < -0.39 is 0 Å². The molecule has 11 rings (SSSR count). The number of rotatable bonds is 5. The van der Waals surface area contributed by atoms with Gasteiger partial charge in [-0.05, 0) is 134 Å². The molecule has 5 unspecified atom stereocenters. The Morgan fingerprint density at radius 3 is 1.87 bits per heavy atom. The summed E-state index contributed by atoms with van der Waals surface area (Å²) in [6, 6.07) is 59.8. The molecule has 0 amide bonds. The van der Waals surface area contributed by atoms with Crippen molar-refractivity contribution >= 4 is 31.5 Å². The van der Waals surface area contributed by atoms with E-state index in [0.29, 0.717) is 11.8 Å². The van der Waals surface area contributed by atoms with Gasteiger partial charge in [0, 0.05) is 25.6 Å². The highest BCUT2D eigenvalue weighted by Crippen LogP contribution is 2.66. The third-order valence-electron chi connectivity index (χ3n) is 14.1. The van der Waals surface area contributed by atoms with E-state index in [0.717, 1.165) is 11.8 Å². The summed E-state index contributed by atoms with van der Waals surface area (Å²) in [5.41, 5.74) is 16.5. The second kappa shape index (κ2) is 12.9. The summed E-state index contributed by atoms with van der Waals surface area (Å²) >= 11 is 1.93. The zero-order chi connectivity index (χ0) is 36.7. The molecule has 5 atom stereocenters. The van der Waals surface area contributed by atoms with Gasteiger partial charge in [-0.2, -0.15) is 0 Å². The standard InChI is InChI=1S/C54H46S/c1-3-35-29-36-28-34(2)54(43(30-35)31-36)48-17-9-7-14-45(48)52-44(16-11-18-49(52)54)47-32-42(33-51-53(47)46-15-8-10-19-50(46)55-51)41-26-24-40(25-27-41)39-22-20-38(21-23-39)37-12-5-4-6-13-37/h4-27,32-36,43H,3,28-31H2,1-2H3. The van der Waals surface area contributed by atoms with Crippen LogP contribution < -0.4 is 0 Å². The second-order valence-corrected chi connectivity index (χ2v) is 17.9. The highest BCUT2D eigenvalue weighted by Gasteiger charge is 2.57. The molecule has 2 fully saturated rings.